The molecule has 1 aliphatic carbocycles. The second-order valence-electron chi connectivity index (χ2n) is 9.19. The maximum atomic E-state index is 12.8. The highest BCUT2D eigenvalue weighted by molar-refractivity contribution is 8.00. The summed E-state index contributed by atoms with van der Waals surface area (Å²) in [5, 5.41) is 6.31. The number of nitrogens with one attached hydrogen (secondary N) is 2. The molecule has 0 atom stereocenters. The van der Waals surface area contributed by atoms with Crippen LogP contribution in [0.3, 0.4) is 0 Å². The molecule has 2 aliphatic rings. The van der Waals surface area contributed by atoms with E-state index in [-0.39, 0.29) is 11.8 Å². The standard InChI is InChI=1S/C25H39N3O2S/c1-28-17-14-20(15-18-28)13-16-26-25(30)22-11-7-8-12-23(22)31-19-24(29)27-21-9-5-3-2-4-6-10-21/h7-8,11-12,20-21H,2-6,9-10,13-19H2,1H3,(H,26,30)(H,27,29). The summed E-state index contributed by atoms with van der Waals surface area (Å²) >= 11 is 1.46. The smallest absolute Gasteiger partial charge is 0.252 e. The van der Waals surface area contributed by atoms with Crippen LogP contribution < -0.4 is 10.6 Å². The highest BCUT2D eigenvalue weighted by Gasteiger charge is 2.18. The number of amides is 2. The quantitative estimate of drug-likeness (QED) is 0.580. The Kier molecular flexibility index (Phi) is 10.2. The van der Waals surface area contributed by atoms with Gasteiger partial charge in [0.1, 0.15) is 0 Å². The Bertz CT molecular complexity index is 696. The third-order valence-corrected chi connectivity index (χ3v) is 7.71. The monoisotopic (exact) mass is 445 g/mol. The maximum Gasteiger partial charge on any atom is 0.252 e. The molecule has 1 saturated carbocycles. The van der Waals surface area contributed by atoms with Gasteiger partial charge in [0.25, 0.3) is 5.91 Å². The van der Waals surface area contributed by atoms with Gasteiger partial charge in [-0.2, -0.15) is 0 Å². The van der Waals surface area contributed by atoms with E-state index in [0.717, 1.165) is 37.2 Å². The lowest BCUT2D eigenvalue weighted by molar-refractivity contribution is -0.119. The van der Waals surface area contributed by atoms with Gasteiger partial charge in [-0.15, -0.1) is 11.8 Å². The van der Waals surface area contributed by atoms with Crippen LogP contribution >= 0.6 is 11.8 Å². The molecule has 2 fully saturated rings. The second-order valence-corrected chi connectivity index (χ2v) is 10.2. The first-order valence-electron chi connectivity index (χ1n) is 12.1. The lowest BCUT2D eigenvalue weighted by Gasteiger charge is -2.28. The van der Waals surface area contributed by atoms with Crippen LogP contribution in [0.2, 0.25) is 0 Å². The zero-order chi connectivity index (χ0) is 21.9. The number of benzene rings is 1. The minimum atomic E-state index is -0.0311. The Morgan fingerprint density at radius 3 is 2.42 bits per heavy atom. The van der Waals surface area contributed by atoms with Gasteiger partial charge in [-0.3, -0.25) is 9.59 Å². The predicted octanol–water partition coefficient (Wildman–Crippen LogP) is 4.47. The molecule has 1 saturated heterocycles. The van der Waals surface area contributed by atoms with Crippen molar-refractivity contribution in [2.45, 2.75) is 75.1 Å². The fourth-order valence-electron chi connectivity index (χ4n) is 4.63. The minimum Gasteiger partial charge on any atom is -0.353 e. The van der Waals surface area contributed by atoms with Gasteiger partial charge in [-0.1, -0.05) is 44.2 Å². The highest BCUT2D eigenvalue weighted by Crippen LogP contribution is 2.24. The number of thioether (sulfide) groups is 1. The molecule has 2 N–H and O–H groups in total. The predicted molar refractivity (Wildman–Crippen MR) is 129 cm³/mol. The van der Waals surface area contributed by atoms with Crippen molar-refractivity contribution in [3.63, 3.8) is 0 Å². The van der Waals surface area contributed by atoms with Crippen LogP contribution in [0.1, 0.15) is 74.6 Å². The Morgan fingerprint density at radius 1 is 1.00 bits per heavy atom. The lowest BCUT2D eigenvalue weighted by Crippen LogP contribution is -2.36. The van der Waals surface area contributed by atoms with E-state index >= 15 is 0 Å². The zero-order valence-electron chi connectivity index (χ0n) is 19.0. The normalized spacial score (nSPS) is 19.4. The zero-order valence-corrected chi connectivity index (χ0v) is 19.9. The summed E-state index contributed by atoms with van der Waals surface area (Å²) in [6, 6.07) is 7.94. The molecular formula is C25H39N3O2S. The fraction of sp³-hybridized carbons (Fsp3) is 0.680. The molecule has 1 aliphatic heterocycles. The number of hydrogen-bond acceptors (Lipinski definition) is 4. The van der Waals surface area contributed by atoms with Gasteiger partial charge < -0.3 is 15.5 Å². The van der Waals surface area contributed by atoms with Crippen LogP contribution in [0.5, 0.6) is 0 Å². The number of carbonyl (C=O) groups is 2. The Morgan fingerprint density at radius 2 is 1.68 bits per heavy atom. The Labute approximate surface area is 192 Å². The third kappa shape index (κ3) is 8.49. The van der Waals surface area contributed by atoms with E-state index in [1.54, 1.807) is 0 Å². The number of hydrogen-bond donors (Lipinski definition) is 2. The average molecular weight is 446 g/mol. The first kappa shape index (κ1) is 24.1. The van der Waals surface area contributed by atoms with Crippen molar-refractivity contribution in [2.24, 2.45) is 5.92 Å². The van der Waals surface area contributed by atoms with Crippen molar-refractivity contribution >= 4 is 23.6 Å². The van der Waals surface area contributed by atoms with E-state index in [1.165, 1.54) is 56.7 Å². The van der Waals surface area contributed by atoms with E-state index in [4.69, 9.17) is 0 Å². The molecule has 0 radical (unpaired) electrons. The lowest BCUT2D eigenvalue weighted by atomic mass is 9.94. The summed E-state index contributed by atoms with van der Waals surface area (Å²) < 4.78 is 0. The Balaban J connectivity index is 1.43. The molecule has 1 heterocycles. The summed E-state index contributed by atoms with van der Waals surface area (Å²) in [5.74, 6) is 1.11. The van der Waals surface area contributed by atoms with Crippen LogP contribution in [0.4, 0.5) is 0 Å². The number of nitrogens with zero attached hydrogens (tertiary/aromatic N) is 1. The number of likely N-dealkylation sites (tertiary alicyclic amines) is 1. The van der Waals surface area contributed by atoms with E-state index in [9.17, 15) is 9.59 Å². The molecule has 6 heteroatoms. The van der Waals surface area contributed by atoms with E-state index < -0.39 is 0 Å². The van der Waals surface area contributed by atoms with Crippen LogP contribution in [-0.2, 0) is 4.79 Å². The van der Waals surface area contributed by atoms with E-state index in [0.29, 0.717) is 29.8 Å². The van der Waals surface area contributed by atoms with Crippen molar-refractivity contribution in [3.8, 4) is 0 Å². The van der Waals surface area contributed by atoms with Crippen LogP contribution in [0, 0.1) is 5.92 Å². The van der Waals surface area contributed by atoms with Crippen LogP contribution in [-0.4, -0.2) is 55.2 Å². The molecule has 2 amide bonds. The van der Waals surface area contributed by atoms with Crippen LogP contribution in [0.25, 0.3) is 0 Å². The highest BCUT2D eigenvalue weighted by atomic mass is 32.2. The molecular weight excluding hydrogens is 406 g/mol. The summed E-state index contributed by atoms with van der Waals surface area (Å²) in [5.41, 5.74) is 0.676. The van der Waals surface area contributed by atoms with Gasteiger partial charge in [-0.25, -0.2) is 0 Å². The maximum absolute atomic E-state index is 12.8. The molecule has 0 bridgehead atoms. The fourth-order valence-corrected chi connectivity index (χ4v) is 5.49. The van der Waals surface area contributed by atoms with Crippen molar-refractivity contribution in [3.05, 3.63) is 29.8 Å². The molecule has 0 spiro atoms. The molecule has 3 rings (SSSR count). The Hall–Kier alpha value is -1.53. The molecule has 1 aromatic carbocycles. The molecule has 31 heavy (non-hydrogen) atoms. The number of piperidine rings is 1. The average Bonchev–Trinajstić information content (AvgIpc) is 2.75. The second kappa shape index (κ2) is 13.1. The summed E-state index contributed by atoms with van der Waals surface area (Å²) in [6.07, 6.45) is 12.0. The summed E-state index contributed by atoms with van der Waals surface area (Å²) in [4.78, 5) is 28.5. The van der Waals surface area contributed by atoms with Crippen molar-refractivity contribution in [1.82, 2.24) is 15.5 Å². The minimum absolute atomic E-state index is 0.0311. The third-order valence-electron chi connectivity index (χ3n) is 6.64. The van der Waals surface area contributed by atoms with Gasteiger partial charge in [0, 0.05) is 17.5 Å². The van der Waals surface area contributed by atoms with Gasteiger partial charge in [0.15, 0.2) is 0 Å². The van der Waals surface area contributed by atoms with Gasteiger partial charge in [-0.05, 0) is 70.3 Å². The summed E-state index contributed by atoms with van der Waals surface area (Å²) in [6.45, 7) is 3.02. The van der Waals surface area contributed by atoms with Gasteiger partial charge in [0.05, 0.1) is 11.3 Å². The number of carbonyl (C=O) groups excluding carboxylic acids is 2. The topological polar surface area (TPSA) is 61.4 Å². The van der Waals surface area contributed by atoms with E-state index in [1.807, 2.05) is 24.3 Å². The van der Waals surface area contributed by atoms with E-state index in [2.05, 4.69) is 22.6 Å². The molecule has 1 aromatic rings. The summed E-state index contributed by atoms with van der Waals surface area (Å²) in [7, 11) is 2.17. The van der Waals surface area contributed by atoms with Crippen LogP contribution in [0.15, 0.2) is 29.2 Å². The first-order chi connectivity index (χ1) is 15.1. The molecule has 0 aromatic heterocycles. The molecule has 5 nitrogen and oxygen atoms in total. The first-order valence-corrected chi connectivity index (χ1v) is 13.1. The van der Waals surface area contributed by atoms with Gasteiger partial charge >= 0.3 is 0 Å². The SMILES string of the molecule is CN1CCC(CCNC(=O)c2ccccc2SCC(=O)NC2CCCCCCC2)CC1. The molecule has 0 unspecified atom stereocenters. The largest absolute Gasteiger partial charge is 0.353 e. The number of rotatable bonds is 8. The van der Waals surface area contributed by atoms with Gasteiger partial charge in [0.2, 0.25) is 5.91 Å². The van der Waals surface area contributed by atoms with Crippen molar-refractivity contribution in [1.29, 1.82) is 0 Å². The molecule has 172 valence electrons. The van der Waals surface area contributed by atoms with Crippen molar-refractivity contribution in [2.75, 3.05) is 32.4 Å². The van der Waals surface area contributed by atoms with Crippen molar-refractivity contribution < 1.29 is 9.59 Å².